The van der Waals surface area contributed by atoms with Gasteiger partial charge in [0.05, 0.1) is 5.69 Å². The second-order valence-electron chi connectivity index (χ2n) is 4.82. The van der Waals surface area contributed by atoms with E-state index in [-0.39, 0.29) is 0 Å². The second kappa shape index (κ2) is 5.18. The van der Waals surface area contributed by atoms with Crippen molar-refractivity contribution in [1.29, 1.82) is 0 Å². The maximum absolute atomic E-state index is 4.34. The van der Waals surface area contributed by atoms with Crippen LogP contribution in [0.5, 0.6) is 0 Å². The molecule has 0 saturated heterocycles. The van der Waals surface area contributed by atoms with Crippen molar-refractivity contribution >= 4 is 23.3 Å². The molecule has 0 saturated carbocycles. The molecule has 21 heavy (non-hydrogen) atoms. The number of nitrogens with zero attached hydrogens (tertiary/aromatic N) is 3. The third-order valence-electron chi connectivity index (χ3n) is 3.31. The first kappa shape index (κ1) is 12.3. The molecule has 0 amide bonds. The zero-order valence-corrected chi connectivity index (χ0v) is 12.0. The average Bonchev–Trinajstić information content (AvgIpc) is 2.54. The summed E-state index contributed by atoms with van der Waals surface area (Å²) in [6.07, 6.45) is 7.57. The zero-order chi connectivity index (χ0) is 14.1. The lowest BCUT2D eigenvalue weighted by Crippen LogP contribution is -2.32. The minimum atomic E-state index is 0.833. The Morgan fingerprint density at radius 2 is 1.90 bits per heavy atom. The number of rotatable bonds is 2. The molecule has 102 valence electrons. The molecule has 0 spiro atoms. The van der Waals surface area contributed by atoms with E-state index < -0.39 is 0 Å². The molecule has 4 rings (SSSR count). The number of aromatic nitrogens is 3. The van der Waals surface area contributed by atoms with Gasteiger partial charge in [-0.1, -0.05) is 23.9 Å². The summed E-state index contributed by atoms with van der Waals surface area (Å²) < 4.78 is 2.16. The summed E-state index contributed by atoms with van der Waals surface area (Å²) in [5.41, 5.74) is 2.35. The Kier molecular flexibility index (Phi) is 3.05. The smallest absolute Gasteiger partial charge is 0.173 e. The standard InChI is InChI=1S/C16H13N4S/c1-2-8-20(9-3-1)11-12-4-5-14-13(10-12)19-15-16(21-14)18-7-6-17-15/h1-10H,11H2,(H,17,19)/q+1. The van der Waals surface area contributed by atoms with Gasteiger partial charge in [0, 0.05) is 35.0 Å². The number of pyridine rings is 1. The molecule has 1 aromatic carbocycles. The molecule has 1 aliphatic rings. The maximum Gasteiger partial charge on any atom is 0.173 e. The third-order valence-corrected chi connectivity index (χ3v) is 4.38. The molecular weight excluding hydrogens is 280 g/mol. The van der Waals surface area contributed by atoms with Crippen molar-refractivity contribution in [2.45, 2.75) is 16.5 Å². The largest absolute Gasteiger partial charge is 0.337 e. The van der Waals surface area contributed by atoms with E-state index in [2.05, 4.69) is 50.4 Å². The Morgan fingerprint density at radius 1 is 1.05 bits per heavy atom. The third kappa shape index (κ3) is 2.48. The van der Waals surface area contributed by atoms with E-state index in [1.54, 1.807) is 24.2 Å². The topological polar surface area (TPSA) is 41.7 Å². The van der Waals surface area contributed by atoms with Crippen molar-refractivity contribution in [1.82, 2.24) is 9.97 Å². The first-order chi connectivity index (χ1) is 10.4. The Balaban J connectivity index is 1.64. The van der Waals surface area contributed by atoms with Gasteiger partial charge in [-0.25, -0.2) is 14.5 Å². The van der Waals surface area contributed by atoms with Gasteiger partial charge >= 0.3 is 0 Å². The molecule has 3 aromatic rings. The molecule has 0 fully saturated rings. The van der Waals surface area contributed by atoms with Crippen molar-refractivity contribution in [2.24, 2.45) is 0 Å². The molecule has 0 bridgehead atoms. The van der Waals surface area contributed by atoms with E-state index in [9.17, 15) is 0 Å². The maximum atomic E-state index is 4.34. The van der Waals surface area contributed by atoms with Crippen molar-refractivity contribution in [2.75, 3.05) is 5.32 Å². The van der Waals surface area contributed by atoms with E-state index >= 15 is 0 Å². The molecule has 1 N–H and O–H groups in total. The van der Waals surface area contributed by atoms with Crippen molar-refractivity contribution in [3.63, 3.8) is 0 Å². The van der Waals surface area contributed by atoms with Gasteiger partial charge in [-0.15, -0.1) is 0 Å². The fraction of sp³-hybridized carbons (Fsp3) is 0.0625. The highest BCUT2D eigenvalue weighted by Gasteiger charge is 2.18. The average molecular weight is 293 g/mol. The van der Waals surface area contributed by atoms with Crippen molar-refractivity contribution in [3.05, 3.63) is 66.7 Å². The lowest BCUT2D eigenvalue weighted by atomic mass is 10.2. The first-order valence-corrected chi connectivity index (χ1v) is 7.53. The number of hydrogen-bond acceptors (Lipinski definition) is 4. The molecule has 0 unspecified atom stereocenters. The number of benzene rings is 1. The van der Waals surface area contributed by atoms with Crippen molar-refractivity contribution in [3.8, 4) is 0 Å². The molecule has 0 atom stereocenters. The van der Waals surface area contributed by atoms with Crippen LogP contribution >= 0.6 is 11.8 Å². The van der Waals surface area contributed by atoms with Crippen LogP contribution in [0.3, 0.4) is 0 Å². The normalized spacial score (nSPS) is 12.2. The van der Waals surface area contributed by atoms with Crippen LogP contribution in [0.25, 0.3) is 0 Å². The molecule has 3 heterocycles. The lowest BCUT2D eigenvalue weighted by molar-refractivity contribution is -0.688. The predicted molar refractivity (Wildman–Crippen MR) is 81.6 cm³/mol. The highest BCUT2D eigenvalue weighted by Crippen LogP contribution is 2.41. The van der Waals surface area contributed by atoms with E-state index in [4.69, 9.17) is 0 Å². The summed E-state index contributed by atoms with van der Waals surface area (Å²) in [4.78, 5) is 9.86. The van der Waals surface area contributed by atoms with Gasteiger partial charge in [0.15, 0.2) is 24.8 Å². The first-order valence-electron chi connectivity index (χ1n) is 6.71. The summed E-state index contributed by atoms with van der Waals surface area (Å²) in [5, 5.41) is 4.29. The molecule has 0 aliphatic carbocycles. The van der Waals surface area contributed by atoms with Gasteiger partial charge in [0.1, 0.15) is 5.03 Å². The molecule has 5 heteroatoms. The van der Waals surface area contributed by atoms with E-state index in [0.29, 0.717) is 0 Å². The SMILES string of the molecule is c1cc[n+](Cc2ccc3c(c2)Nc2nccnc2S3)cc1. The lowest BCUT2D eigenvalue weighted by Gasteiger charge is -2.18. The minimum Gasteiger partial charge on any atom is -0.337 e. The highest BCUT2D eigenvalue weighted by molar-refractivity contribution is 7.99. The van der Waals surface area contributed by atoms with Gasteiger partial charge in [-0.2, -0.15) is 0 Å². The van der Waals surface area contributed by atoms with Crippen LogP contribution in [0.15, 0.2) is 71.1 Å². The van der Waals surface area contributed by atoms with E-state index in [0.717, 1.165) is 23.1 Å². The summed E-state index contributed by atoms with van der Waals surface area (Å²) >= 11 is 1.65. The fourth-order valence-corrected chi connectivity index (χ4v) is 3.21. The van der Waals surface area contributed by atoms with Gasteiger partial charge in [0.25, 0.3) is 0 Å². The number of hydrogen-bond donors (Lipinski definition) is 1. The molecule has 1 aliphatic heterocycles. The van der Waals surface area contributed by atoms with Gasteiger partial charge in [-0.3, -0.25) is 0 Å². The van der Waals surface area contributed by atoms with Crippen LogP contribution in [0, 0.1) is 0 Å². The van der Waals surface area contributed by atoms with E-state index in [1.165, 1.54) is 10.5 Å². The van der Waals surface area contributed by atoms with Crippen molar-refractivity contribution < 1.29 is 4.57 Å². The van der Waals surface area contributed by atoms with E-state index in [1.807, 2.05) is 18.2 Å². The number of fused-ring (bicyclic) bond motifs is 2. The summed E-state index contributed by atoms with van der Waals surface area (Å²) in [6, 6.07) is 12.6. The van der Waals surface area contributed by atoms with Gasteiger partial charge < -0.3 is 5.32 Å². The zero-order valence-electron chi connectivity index (χ0n) is 11.2. The molecule has 2 aromatic heterocycles. The monoisotopic (exact) mass is 293 g/mol. The number of nitrogens with one attached hydrogen (secondary N) is 1. The van der Waals surface area contributed by atoms with Gasteiger partial charge in [0.2, 0.25) is 0 Å². The summed E-state index contributed by atoms with van der Waals surface area (Å²) in [6.45, 7) is 0.855. The number of anilines is 2. The quantitative estimate of drug-likeness (QED) is 0.577. The highest BCUT2D eigenvalue weighted by atomic mass is 32.2. The Morgan fingerprint density at radius 3 is 2.81 bits per heavy atom. The molecule has 0 radical (unpaired) electrons. The fourth-order valence-electron chi connectivity index (χ4n) is 2.33. The Labute approximate surface area is 126 Å². The minimum absolute atomic E-state index is 0.833. The van der Waals surface area contributed by atoms with Gasteiger partial charge in [-0.05, 0) is 12.1 Å². The predicted octanol–water partition coefficient (Wildman–Crippen LogP) is 3.02. The molecule has 4 nitrogen and oxygen atoms in total. The van der Waals surface area contributed by atoms with Crippen LogP contribution in [0.2, 0.25) is 0 Å². The Bertz CT molecular complexity index is 789. The summed E-state index contributed by atoms with van der Waals surface area (Å²) in [7, 11) is 0. The van der Waals surface area contributed by atoms with Crippen LogP contribution in [0.4, 0.5) is 11.5 Å². The Hall–Kier alpha value is -2.40. The van der Waals surface area contributed by atoms with Crippen LogP contribution in [-0.2, 0) is 6.54 Å². The van der Waals surface area contributed by atoms with Crippen LogP contribution < -0.4 is 9.88 Å². The molecular formula is C16H13N4S+. The summed E-state index contributed by atoms with van der Waals surface area (Å²) in [5.74, 6) is 0.833. The second-order valence-corrected chi connectivity index (χ2v) is 5.85. The van der Waals surface area contributed by atoms with Crippen LogP contribution in [-0.4, -0.2) is 9.97 Å². The van der Waals surface area contributed by atoms with Crippen LogP contribution in [0.1, 0.15) is 5.56 Å².